The summed E-state index contributed by atoms with van der Waals surface area (Å²) in [5.74, 6) is -0.354. The molecule has 4 heteroatoms. The van der Waals surface area contributed by atoms with E-state index in [-0.39, 0.29) is 5.82 Å². The van der Waals surface area contributed by atoms with Crippen LogP contribution in [0.4, 0.5) is 4.39 Å². The number of rotatable bonds is 2. The van der Waals surface area contributed by atoms with Crippen molar-refractivity contribution in [3.05, 3.63) is 35.6 Å². The molecule has 82 valence electrons. The lowest BCUT2D eigenvalue weighted by atomic mass is 10.2. The summed E-state index contributed by atoms with van der Waals surface area (Å²) >= 11 is 0. The fraction of sp³-hybridized carbons (Fsp3) is 0.364. The van der Waals surface area contributed by atoms with Gasteiger partial charge >= 0.3 is 0 Å². The molecule has 1 atom stereocenters. The van der Waals surface area contributed by atoms with Crippen molar-refractivity contribution >= 4 is 17.2 Å². The molecule has 0 radical (unpaired) electrons. The molecule has 2 nitrogen and oxygen atoms in total. The molecule has 0 fully saturated rings. The van der Waals surface area contributed by atoms with Crippen LogP contribution in [-0.4, -0.2) is 15.2 Å². The van der Waals surface area contributed by atoms with Crippen LogP contribution in [0, 0.1) is 5.82 Å². The highest BCUT2D eigenvalue weighted by Gasteiger charge is 2.18. The lowest BCUT2D eigenvalue weighted by Gasteiger charge is -2.12. The minimum Gasteiger partial charge on any atom is -0.234 e. The Balaban J connectivity index is 2.84. The van der Waals surface area contributed by atoms with Crippen LogP contribution < -0.4 is 0 Å². The van der Waals surface area contributed by atoms with Gasteiger partial charge in [-0.2, -0.15) is 4.40 Å². The highest BCUT2D eigenvalue weighted by Crippen LogP contribution is 2.12. The lowest BCUT2D eigenvalue weighted by Crippen LogP contribution is -2.19. The maximum absolute atomic E-state index is 13.1. The number of benzene rings is 1. The van der Waals surface area contributed by atoms with Crippen molar-refractivity contribution in [2.24, 2.45) is 4.40 Å². The quantitative estimate of drug-likeness (QED) is 0.714. The van der Waals surface area contributed by atoms with Crippen LogP contribution in [0.2, 0.25) is 0 Å². The third-order valence-corrected chi connectivity index (χ3v) is 3.06. The van der Waals surface area contributed by atoms with Crippen LogP contribution in [0.25, 0.3) is 0 Å². The van der Waals surface area contributed by atoms with Crippen molar-refractivity contribution in [2.75, 3.05) is 0 Å². The third kappa shape index (κ3) is 3.55. The molecule has 0 saturated heterocycles. The zero-order chi connectivity index (χ0) is 11.5. The number of nitrogens with zero attached hydrogens (tertiary/aromatic N) is 1. The molecule has 1 aromatic rings. The molecule has 0 aromatic heterocycles. The fourth-order valence-corrected chi connectivity index (χ4v) is 1.37. The molecular weight excluding hydrogens is 213 g/mol. The largest absolute Gasteiger partial charge is 0.234 e. The summed E-state index contributed by atoms with van der Waals surface area (Å²) in [7, 11) is -1.34. The van der Waals surface area contributed by atoms with Gasteiger partial charge < -0.3 is 0 Å². The second-order valence-corrected chi connectivity index (χ2v) is 6.05. The first-order valence-corrected chi connectivity index (χ1v) is 5.72. The molecule has 1 aromatic carbocycles. The summed E-state index contributed by atoms with van der Waals surface area (Å²) in [5.41, 5.74) is 0.357. The Morgan fingerprint density at radius 2 is 1.93 bits per heavy atom. The van der Waals surface area contributed by atoms with E-state index in [2.05, 4.69) is 4.40 Å². The van der Waals surface area contributed by atoms with Crippen molar-refractivity contribution in [1.82, 2.24) is 0 Å². The summed E-state index contributed by atoms with van der Waals surface area (Å²) in [6, 6.07) is 6.26. The molecule has 0 aliphatic carbocycles. The van der Waals surface area contributed by atoms with Crippen molar-refractivity contribution < 1.29 is 8.60 Å². The zero-order valence-corrected chi connectivity index (χ0v) is 9.84. The molecule has 0 heterocycles. The fourth-order valence-electron chi connectivity index (χ4n) is 0.843. The van der Waals surface area contributed by atoms with Crippen LogP contribution in [0.1, 0.15) is 26.3 Å². The minimum absolute atomic E-state index is 0.354. The van der Waals surface area contributed by atoms with E-state index in [1.54, 1.807) is 18.2 Å². The SMILES string of the molecule is CC(C)(C)[S@](=O)/N=C/c1ccccc1F. The predicted molar refractivity (Wildman–Crippen MR) is 61.9 cm³/mol. The summed E-state index contributed by atoms with van der Waals surface area (Å²) in [6.45, 7) is 5.46. The normalized spacial score (nSPS) is 14.4. The van der Waals surface area contributed by atoms with E-state index in [9.17, 15) is 8.60 Å². The van der Waals surface area contributed by atoms with E-state index in [0.717, 1.165) is 0 Å². The highest BCUT2D eigenvalue weighted by molar-refractivity contribution is 7.85. The van der Waals surface area contributed by atoms with E-state index in [1.807, 2.05) is 20.8 Å². The Kier molecular flexibility index (Phi) is 3.74. The van der Waals surface area contributed by atoms with E-state index in [4.69, 9.17) is 0 Å². The maximum Gasteiger partial charge on any atom is 0.144 e. The molecule has 0 saturated carbocycles. The molecule has 15 heavy (non-hydrogen) atoms. The first-order valence-electron chi connectivity index (χ1n) is 4.62. The minimum atomic E-state index is -1.34. The molecule has 0 aliphatic rings. The van der Waals surface area contributed by atoms with Gasteiger partial charge in [0.1, 0.15) is 16.8 Å². The van der Waals surface area contributed by atoms with Gasteiger partial charge in [-0.3, -0.25) is 0 Å². The second kappa shape index (κ2) is 4.66. The third-order valence-electron chi connectivity index (χ3n) is 1.72. The van der Waals surface area contributed by atoms with Crippen LogP contribution in [-0.2, 0) is 11.0 Å². The second-order valence-electron chi connectivity index (χ2n) is 4.12. The summed E-state index contributed by atoms with van der Waals surface area (Å²) in [6.07, 6.45) is 1.32. The Morgan fingerprint density at radius 1 is 1.33 bits per heavy atom. The molecule has 0 aliphatic heterocycles. The van der Waals surface area contributed by atoms with Crippen molar-refractivity contribution in [3.8, 4) is 0 Å². The first-order chi connectivity index (χ1) is 6.91. The maximum atomic E-state index is 13.1. The summed E-state index contributed by atoms with van der Waals surface area (Å²) < 4.78 is 28.1. The summed E-state index contributed by atoms with van der Waals surface area (Å²) in [4.78, 5) is 0. The Bertz CT molecular complexity index is 396. The predicted octanol–water partition coefficient (Wildman–Crippen LogP) is 2.71. The molecular formula is C11H14FNOS. The van der Waals surface area contributed by atoms with E-state index >= 15 is 0 Å². The Morgan fingerprint density at radius 3 is 2.47 bits per heavy atom. The number of hydrogen-bond acceptors (Lipinski definition) is 1. The smallest absolute Gasteiger partial charge is 0.144 e. The lowest BCUT2D eigenvalue weighted by molar-refractivity contribution is 0.626. The van der Waals surface area contributed by atoms with Gasteiger partial charge in [-0.15, -0.1) is 0 Å². The molecule has 0 N–H and O–H groups in total. The van der Waals surface area contributed by atoms with Gasteiger partial charge in [-0.05, 0) is 26.8 Å². The average molecular weight is 227 g/mol. The summed E-state index contributed by atoms with van der Waals surface area (Å²) in [5, 5.41) is 0. The van der Waals surface area contributed by atoms with Gasteiger partial charge in [0.05, 0.1) is 4.75 Å². The topological polar surface area (TPSA) is 29.4 Å². The highest BCUT2D eigenvalue weighted by atomic mass is 32.2. The van der Waals surface area contributed by atoms with Gasteiger partial charge in [-0.25, -0.2) is 8.60 Å². The zero-order valence-electron chi connectivity index (χ0n) is 9.03. The molecule has 1 rings (SSSR count). The van der Waals surface area contributed by atoms with Gasteiger partial charge in [0, 0.05) is 11.8 Å². The van der Waals surface area contributed by atoms with Gasteiger partial charge in [0.15, 0.2) is 0 Å². The first kappa shape index (κ1) is 12.0. The van der Waals surface area contributed by atoms with E-state index in [1.165, 1.54) is 12.3 Å². The van der Waals surface area contributed by atoms with Crippen molar-refractivity contribution in [3.63, 3.8) is 0 Å². The Labute approximate surface area is 91.8 Å². The van der Waals surface area contributed by atoms with Gasteiger partial charge in [0.2, 0.25) is 0 Å². The van der Waals surface area contributed by atoms with Crippen LogP contribution >= 0.6 is 0 Å². The van der Waals surface area contributed by atoms with Crippen LogP contribution in [0.15, 0.2) is 28.7 Å². The van der Waals surface area contributed by atoms with Crippen LogP contribution in [0.3, 0.4) is 0 Å². The monoisotopic (exact) mass is 227 g/mol. The van der Waals surface area contributed by atoms with E-state index < -0.39 is 15.7 Å². The standard InChI is InChI=1S/C11H14FNOS/c1-11(2,3)15(14)13-8-9-6-4-5-7-10(9)12/h4-8H,1-3H3/b13-8+/t15-/m0/s1. The van der Waals surface area contributed by atoms with Crippen molar-refractivity contribution in [1.29, 1.82) is 0 Å². The molecule has 0 spiro atoms. The van der Waals surface area contributed by atoms with Crippen molar-refractivity contribution in [2.45, 2.75) is 25.5 Å². The molecule has 0 unspecified atom stereocenters. The Hall–Kier alpha value is -1.03. The average Bonchev–Trinajstić information content (AvgIpc) is 2.14. The molecule has 0 bridgehead atoms. The van der Waals surface area contributed by atoms with Crippen LogP contribution in [0.5, 0.6) is 0 Å². The van der Waals surface area contributed by atoms with E-state index in [0.29, 0.717) is 5.56 Å². The molecule has 0 amide bonds. The number of halogens is 1. The number of hydrogen-bond donors (Lipinski definition) is 0. The van der Waals surface area contributed by atoms with Gasteiger partial charge in [-0.1, -0.05) is 18.2 Å². The van der Waals surface area contributed by atoms with Gasteiger partial charge in [0.25, 0.3) is 0 Å².